The Balaban J connectivity index is 0.00000128. The average Bonchev–Trinajstić information content (AvgIpc) is 2.55. The molecule has 0 bridgehead atoms. The van der Waals surface area contributed by atoms with E-state index in [1.54, 1.807) is 0 Å². The Morgan fingerprint density at radius 1 is 1.50 bits per heavy atom. The molecule has 94 valence electrons. The van der Waals surface area contributed by atoms with E-state index in [1.807, 2.05) is 0 Å². The minimum Gasteiger partial charge on any atom is -0.339 e. The van der Waals surface area contributed by atoms with Crippen molar-refractivity contribution in [2.45, 2.75) is 45.6 Å². The summed E-state index contributed by atoms with van der Waals surface area (Å²) in [5.74, 6) is 0.893. The topological polar surface area (TPSA) is 46.3 Å². The highest BCUT2D eigenvalue weighted by Gasteiger charge is 2.45. The number of hydrogen-bond donors (Lipinski definition) is 1. The van der Waals surface area contributed by atoms with Gasteiger partial charge in [-0.2, -0.15) is 0 Å². The van der Waals surface area contributed by atoms with Gasteiger partial charge in [0.1, 0.15) is 0 Å². The van der Waals surface area contributed by atoms with Crippen molar-refractivity contribution < 1.29 is 4.79 Å². The predicted molar refractivity (Wildman–Crippen MR) is 67.5 cm³/mol. The maximum absolute atomic E-state index is 12.3. The van der Waals surface area contributed by atoms with Gasteiger partial charge in [0.15, 0.2) is 0 Å². The van der Waals surface area contributed by atoms with Gasteiger partial charge in [-0.1, -0.05) is 13.3 Å². The van der Waals surface area contributed by atoms with Crippen molar-refractivity contribution in [3.05, 3.63) is 0 Å². The van der Waals surface area contributed by atoms with E-state index in [0.717, 1.165) is 25.8 Å². The van der Waals surface area contributed by atoms with Gasteiger partial charge in [-0.15, -0.1) is 12.4 Å². The molecule has 0 aromatic heterocycles. The van der Waals surface area contributed by atoms with Crippen LogP contribution >= 0.6 is 12.4 Å². The van der Waals surface area contributed by atoms with Gasteiger partial charge < -0.3 is 10.6 Å². The molecule has 2 unspecified atom stereocenters. The Morgan fingerprint density at radius 3 is 2.50 bits per heavy atom. The molecule has 1 heterocycles. The van der Waals surface area contributed by atoms with Crippen molar-refractivity contribution in [2.75, 3.05) is 13.1 Å². The Kier molecular flexibility index (Phi) is 4.24. The van der Waals surface area contributed by atoms with Crippen LogP contribution in [-0.2, 0) is 4.79 Å². The molecule has 2 atom stereocenters. The fourth-order valence-electron chi connectivity index (χ4n) is 2.86. The molecule has 4 heteroatoms. The molecule has 1 aliphatic heterocycles. The zero-order valence-corrected chi connectivity index (χ0v) is 11.1. The third-order valence-electron chi connectivity index (χ3n) is 4.23. The van der Waals surface area contributed by atoms with Gasteiger partial charge in [-0.3, -0.25) is 4.79 Å². The van der Waals surface area contributed by atoms with Gasteiger partial charge in [0.25, 0.3) is 0 Å². The van der Waals surface area contributed by atoms with Crippen molar-refractivity contribution >= 4 is 18.3 Å². The molecule has 2 N–H and O–H groups in total. The van der Waals surface area contributed by atoms with Crippen LogP contribution in [0.5, 0.6) is 0 Å². The maximum Gasteiger partial charge on any atom is 0.228 e. The van der Waals surface area contributed by atoms with Crippen LogP contribution in [0.4, 0.5) is 0 Å². The largest absolute Gasteiger partial charge is 0.339 e. The third kappa shape index (κ3) is 2.21. The van der Waals surface area contributed by atoms with E-state index >= 15 is 0 Å². The highest BCUT2D eigenvalue weighted by atomic mass is 35.5. The average molecular weight is 247 g/mol. The lowest BCUT2D eigenvalue weighted by Gasteiger charge is -2.41. The van der Waals surface area contributed by atoms with Gasteiger partial charge in [-0.05, 0) is 38.6 Å². The zero-order valence-electron chi connectivity index (χ0n) is 10.2. The summed E-state index contributed by atoms with van der Waals surface area (Å²) >= 11 is 0. The summed E-state index contributed by atoms with van der Waals surface area (Å²) in [4.78, 5) is 14.4. The Morgan fingerprint density at radius 2 is 2.12 bits per heavy atom. The monoisotopic (exact) mass is 246 g/mol. The first-order chi connectivity index (χ1) is 7.07. The first-order valence-electron chi connectivity index (χ1n) is 6.08. The van der Waals surface area contributed by atoms with Gasteiger partial charge in [0.05, 0.1) is 0 Å². The summed E-state index contributed by atoms with van der Waals surface area (Å²) in [6, 6.07) is 0.392. The van der Waals surface area contributed by atoms with Gasteiger partial charge in [0.2, 0.25) is 5.91 Å². The first kappa shape index (κ1) is 13.8. The van der Waals surface area contributed by atoms with E-state index in [-0.39, 0.29) is 17.8 Å². The summed E-state index contributed by atoms with van der Waals surface area (Å²) < 4.78 is 0. The number of carbonyl (C=O) groups is 1. The molecule has 16 heavy (non-hydrogen) atoms. The van der Waals surface area contributed by atoms with Crippen LogP contribution in [0.2, 0.25) is 0 Å². The number of halogens is 1. The summed E-state index contributed by atoms with van der Waals surface area (Å²) in [7, 11) is 0. The molecular weight excluding hydrogens is 224 g/mol. The summed E-state index contributed by atoms with van der Waals surface area (Å²) in [6.07, 6.45) is 4.44. The smallest absolute Gasteiger partial charge is 0.228 e. The lowest BCUT2D eigenvalue weighted by atomic mass is 9.69. The van der Waals surface area contributed by atoms with Gasteiger partial charge in [0, 0.05) is 18.0 Å². The van der Waals surface area contributed by atoms with Crippen LogP contribution < -0.4 is 5.73 Å². The van der Waals surface area contributed by atoms with E-state index < -0.39 is 0 Å². The Bertz CT molecular complexity index is 266. The van der Waals surface area contributed by atoms with Crippen LogP contribution in [0.1, 0.15) is 39.5 Å². The first-order valence-corrected chi connectivity index (χ1v) is 6.08. The fourth-order valence-corrected chi connectivity index (χ4v) is 2.86. The number of carbonyl (C=O) groups excluding carboxylic acids is 1. The van der Waals surface area contributed by atoms with Crippen molar-refractivity contribution in [2.24, 2.45) is 17.1 Å². The zero-order chi connectivity index (χ0) is 11.1. The second-order valence-corrected chi connectivity index (χ2v) is 5.56. The number of nitrogens with two attached hydrogens (primary N) is 1. The molecular formula is C12H23ClN2O. The molecule has 2 aliphatic rings. The number of rotatable bonds is 2. The number of nitrogens with zero attached hydrogens (tertiary/aromatic N) is 1. The number of amides is 1. The highest BCUT2D eigenvalue weighted by molar-refractivity contribution is 5.85. The fraction of sp³-hybridized carbons (Fsp3) is 0.917. The molecule has 0 aromatic rings. The molecule has 0 spiro atoms. The van der Waals surface area contributed by atoms with Crippen molar-refractivity contribution in [3.8, 4) is 0 Å². The highest BCUT2D eigenvalue weighted by Crippen LogP contribution is 2.43. The van der Waals surface area contributed by atoms with E-state index in [0.29, 0.717) is 24.4 Å². The van der Waals surface area contributed by atoms with Crippen LogP contribution in [0.15, 0.2) is 0 Å². The molecule has 3 nitrogen and oxygen atoms in total. The normalized spacial score (nSPS) is 31.8. The minimum absolute atomic E-state index is 0. The number of hydrogen-bond acceptors (Lipinski definition) is 2. The number of likely N-dealkylation sites (tertiary alicyclic amines) is 1. The van der Waals surface area contributed by atoms with E-state index in [2.05, 4.69) is 18.7 Å². The quantitative estimate of drug-likeness (QED) is 0.808. The molecule has 1 saturated carbocycles. The van der Waals surface area contributed by atoms with Crippen molar-refractivity contribution in [1.82, 2.24) is 4.90 Å². The van der Waals surface area contributed by atoms with Crippen LogP contribution in [-0.4, -0.2) is 29.9 Å². The second-order valence-electron chi connectivity index (χ2n) is 5.56. The molecule has 2 fully saturated rings. The molecule has 1 amide bonds. The summed E-state index contributed by atoms with van der Waals surface area (Å²) in [5.41, 5.74) is 5.63. The van der Waals surface area contributed by atoms with Crippen molar-refractivity contribution in [1.29, 1.82) is 0 Å². The summed E-state index contributed by atoms with van der Waals surface area (Å²) in [5, 5.41) is 0. The molecule has 1 saturated heterocycles. The van der Waals surface area contributed by atoms with Gasteiger partial charge in [-0.25, -0.2) is 0 Å². The Hall–Kier alpha value is -0.280. The maximum atomic E-state index is 12.3. The summed E-state index contributed by atoms with van der Waals surface area (Å²) in [6.45, 7) is 5.85. The van der Waals surface area contributed by atoms with Crippen LogP contribution in [0, 0.1) is 11.3 Å². The van der Waals surface area contributed by atoms with Crippen LogP contribution in [0.25, 0.3) is 0 Å². The van der Waals surface area contributed by atoms with Crippen molar-refractivity contribution in [3.63, 3.8) is 0 Å². The molecule has 0 radical (unpaired) electrons. The molecule has 0 aromatic carbocycles. The van der Waals surface area contributed by atoms with E-state index in [9.17, 15) is 4.79 Å². The van der Waals surface area contributed by atoms with Gasteiger partial charge >= 0.3 is 0 Å². The molecule has 1 aliphatic carbocycles. The van der Waals surface area contributed by atoms with E-state index in [1.165, 1.54) is 6.42 Å². The lowest BCUT2D eigenvalue weighted by molar-refractivity contribution is -0.146. The second kappa shape index (κ2) is 4.92. The minimum atomic E-state index is -0.0439. The Labute approximate surface area is 104 Å². The van der Waals surface area contributed by atoms with Crippen LogP contribution in [0.3, 0.4) is 0 Å². The lowest BCUT2D eigenvalue weighted by Crippen LogP contribution is -2.47. The third-order valence-corrected chi connectivity index (χ3v) is 4.23. The standard InChI is InChI=1S/C12H22N2O.ClH/c1-9-6-10(7-13)8-14(9)11(15)12(2)4-3-5-12;/h9-10H,3-8,13H2,1-2H3;1H. The predicted octanol–water partition coefficient (Wildman–Crippen LogP) is 1.79. The SMILES string of the molecule is CC1CC(CN)CN1C(=O)C1(C)CCC1.Cl. The van der Waals surface area contributed by atoms with E-state index in [4.69, 9.17) is 5.73 Å². The molecule has 2 rings (SSSR count).